The van der Waals surface area contributed by atoms with Crippen molar-refractivity contribution in [2.45, 2.75) is 26.7 Å². The molecule has 0 spiro atoms. The maximum Gasteiger partial charge on any atom is 0.127 e. The zero-order chi connectivity index (χ0) is 10.6. The van der Waals surface area contributed by atoms with Gasteiger partial charge >= 0.3 is 0 Å². The summed E-state index contributed by atoms with van der Waals surface area (Å²) >= 11 is 5.88. The molecule has 0 aliphatic carbocycles. The van der Waals surface area contributed by atoms with E-state index in [0.717, 1.165) is 25.1 Å². The Morgan fingerprint density at radius 3 is 2.79 bits per heavy atom. The van der Waals surface area contributed by atoms with Crippen LogP contribution in [-0.4, -0.2) is 6.54 Å². The van der Waals surface area contributed by atoms with E-state index in [1.165, 1.54) is 6.07 Å². The van der Waals surface area contributed by atoms with Crippen molar-refractivity contribution in [1.29, 1.82) is 0 Å². The molecule has 0 atom stereocenters. The van der Waals surface area contributed by atoms with E-state index in [1.807, 2.05) is 0 Å². The molecule has 78 valence electrons. The van der Waals surface area contributed by atoms with Gasteiger partial charge in [0.15, 0.2) is 0 Å². The van der Waals surface area contributed by atoms with Gasteiger partial charge in [-0.3, -0.25) is 0 Å². The van der Waals surface area contributed by atoms with Crippen molar-refractivity contribution in [3.8, 4) is 0 Å². The zero-order valence-electron chi connectivity index (χ0n) is 8.53. The highest BCUT2D eigenvalue weighted by molar-refractivity contribution is 6.33. The van der Waals surface area contributed by atoms with Gasteiger partial charge in [-0.2, -0.15) is 0 Å². The van der Waals surface area contributed by atoms with Gasteiger partial charge in [0.2, 0.25) is 0 Å². The minimum absolute atomic E-state index is 0.254. The highest BCUT2D eigenvalue weighted by Gasteiger charge is 2.04. The molecule has 0 heterocycles. The number of benzene rings is 1. The molecule has 1 nitrogen and oxygen atoms in total. The topological polar surface area (TPSA) is 12.0 Å². The lowest BCUT2D eigenvalue weighted by atomic mass is 10.2. The second-order valence-corrected chi connectivity index (χ2v) is 3.77. The van der Waals surface area contributed by atoms with Gasteiger partial charge in [0.25, 0.3) is 0 Å². The molecule has 0 aromatic heterocycles. The van der Waals surface area contributed by atoms with E-state index in [-0.39, 0.29) is 5.82 Å². The summed E-state index contributed by atoms with van der Waals surface area (Å²) in [5, 5.41) is 3.63. The quantitative estimate of drug-likeness (QED) is 0.749. The lowest BCUT2D eigenvalue weighted by Gasteiger charge is -2.09. The molecule has 0 aliphatic rings. The Labute approximate surface area is 89.3 Å². The number of nitrogens with one attached hydrogen (secondary N) is 1. The van der Waals surface area contributed by atoms with Crippen molar-refractivity contribution in [2.75, 3.05) is 11.9 Å². The van der Waals surface area contributed by atoms with Gasteiger partial charge in [-0.1, -0.05) is 24.9 Å². The van der Waals surface area contributed by atoms with Crippen LogP contribution in [0.2, 0.25) is 5.02 Å². The Bertz CT molecular complexity index is 312. The van der Waals surface area contributed by atoms with E-state index in [2.05, 4.69) is 12.2 Å². The van der Waals surface area contributed by atoms with Gasteiger partial charge in [-0.05, 0) is 31.0 Å². The van der Waals surface area contributed by atoms with Gasteiger partial charge in [-0.15, -0.1) is 0 Å². The smallest absolute Gasteiger partial charge is 0.127 e. The average Bonchev–Trinajstić information content (AvgIpc) is 2.14. The predicted molar refractivity (Wildman–Crippen MR) is 59.5 cm³/mol. The van der Waals surface area contributed by atoms with E-state index in [4.69, 9.17) is 11.6 Å². The lowest BCUT2D eigenvalue weighted by molar-refractivity contribution is 0.619. The van der Waals surface area contributed by atoms with Crippen LogP contribution in [0.25, 0.3) is 0 Å². The van der Waals surface area contributed by atoms with E-state index in [0.29, 0.717) is 10.6 Å². The first-order chi connectivity index (χ1) is 6.65. The predicted octanol–water partition coefficient (Wildman–Crippen LogP) is 4.00. The molecule has 14 heavy (non-hydrogen) atoms. The second kappa shape index (κ2) is 5.20. The molecule has 3 heteroatoms. The average molecular weight is 216 g/mol. The fourth-order valence-corrected chi connectivity index (χ4v) is 1.41. The number of aryl methyl sites for hydroxylation is 1. The largest absolute Gasteiger partial charge is 0.384 e. The van der Waals surface area contributed by atoms with Crippen LogP contribution in [0, 0.1) is 12.7 Å². The van der Waals surface area contributed by atoms with Crippen molar-refractivity contribution in [2.24, 2.45) is 0 Å². The normalized spacial score (nSPS) is 10.3. The second-order valence-electron chi connectivity index (χ2n) is 3.36. The molecule has 1 rings (SSSR count). The number of rotatable bonds is 4. The highest BCUT2D eigenvalue weighted by Crippen LogP contribution is 2.24. The summed E-state index contributed by atoms with van der Waals surface area (Å²) < 4.78 is 13.0. The van der Waals surface area contributed by atoms with Crippen molar-refractivity contribution in [1.82, 2.24) is 0 Å². The molecule has 0 fully saturated rings. The van der Waals surface area contributed by atoms with Gasteiger partial charge in [0.1, 0.15) is 5.82 Å². The number of hydrogen-bond acceptors (Lipinski definition) is 1. The summed E-state index contributed by atoms with van der Waals surface area (Å²) in [6.07, 6.45) is 2.22. The Morgan fingerprint density at radius 1 is 1.43 bits per heavy atom. The van der Waals surface area contributed by atoms with Crippen LogP contribution >= 0.6 is 11.6 Å². The zero-order valence-corrected chi connectivity index (χ0v) is 9.29. The Balaban J connectivity index is 2.72. The standard InChI is InChI=1S/C11H15ClFN/c1-3-4-5-14-11-6-8(2)10(13)7-9(11)12/h6-7,14H,3-5H2,1-2H3. The van der Waals surface area contributed by atoms with Gasteiger partial charge in [0, 0.05) is 6.54 Å². The van der Waals surface area contributed by atoms with Crippen LogP contribution in [0.3, 0.4) is 0 Å². The first-order valence-corrected chi connectivity index (χ1v) is 5.22. The fraction of sp³-hybridized carbons (Fsp3) is 0.455. The minimum Gasteiger partial charge on any atom is -0.384 e. The van der Waals surface area contributed by atoms with Crippen LogP contribution in [0.5, 0.6) is 0 Å². The molecular formula is C11H15ClFN. The molecular weight excluding hydrogens is 201 g/mol. The minimum atomic E-state index is -0.254. The van der Waals surface area contributed by atoms with Crippen LogP contribution in [0.1, 0.15) is 25.3 Å². The molecule has 0 aliphatic heterocycles. The highest BCUT2D eigenvalue weighted by atomic mass is 35.5. The Kier molecular flexibility index (Phi) is 4.21. The number of halogens is 2. The lowest BCUT2D eigenvalue weighted by Crippen LogP contribution is -2.02. The van der Waals surface area contributed by atoms with E-state index >= 15 is 0 Å². The molecule has 0 amide bonds. The summed E-state index contributed by atoms with van der Waals surface area (Å²) in [4.78, 5) is 0. The summed E-state index contributed by atoms with van der Waals surface area (Å²) in [6, 6.07) is 3.10. The number of anilines is 1. The molecule has 0 saturated heterocycles. The maximum absolute atomic E-state index is 13.0. The summed E-state index contributed by atoms with van der Waals surface area (Å²) in [5.74, 6) is -0.254. The first-order valence-electron chi connectivity index (χ1n) is 4.84. The van der Waals surface area contributed by atoms with E-state index in [9.17, 15) is 4.39 Å². The SMILES string of the molecule is CCCCNc1cc(C)c(F)cc1Cl. The van der Waals surface area contributed by atoms with Crippen molar-refractivity contribution < 1.29 is 4.39 Å². The van der Waals surface area contributed by atoms with Crippen molar-refractivity contribution in [3.05, 3.63) is 28.5 Å². The monoisotopic (exact) mass is 215 g/mol. The molecule has 0 unspecified atom stereocenters. The molecule has 0 bridgehead atoms. The molecule has 0 radical (unpaired) electrons. The van der Waals surface area contributed by atoms with Crippen molar-refractivity contribution >= 4 is 17.3 Å². The molecule has 1 N–H and O–H groups in total. The van der Waals surface area contributed by atoms with Crippen molar-refractivity contribution in [3.63, 3.8) is 0 Å². The van der Waals surface area contributed by atoms with E-state index < -0.39 is 0 Å². The fourth-order valence-electron chi connectivity index (χ4n) is 1.19. The third-order valence-corrected chi connectivity index (χ3v) is 2.41. The van der Waals surface area contributed by atoms with Crippen LogP contribution in [0.15, 0.2) is 12.1 Å². The van der Waals surface area contributed by atoms with Crippen LogP contribution < -0.4 is 5.32 Å². The van der Waals surface area contributed by atoms with Gasteiger partial charge in [0.05, 0.1) is 10.7 Å². The molecule has 1 aromatic rings. The van der Waals surface area contributed by atoms with Crippen LogP contribution in [0.4, 0.5) is 10.1 Å². The first kappa shape index (κ1) is 11.3. The summed E-state index contributed by atoms with van der Waals surface area (Å²) in [7, 11) is 0. The Morgan fingerprint density at radius 2 is 2.14 bits per heavy atom. The number of unbranched alkanes of at least 4 members (excludes halogenated alkanes) is 1. The van der Waals surface area contributed by atoms with Crippen LogP contribution in [-0.2, 0) is 0 Å². The van der Waals surface area contributed by atoms with E-state index in [1.54, 1.807) is 13.0 Å². The molecule has 1 aromatic carbocycles. The van der Waals surface area contributed by atoms with Gasteiger partial charge < -0.3 is 5.32 Å². The summed E-state index contributed by atoms with van der Waals surface area (Å²) in [5.41, 5.74) is 1.44. The van der Waals surface area contributed by atoms with Gasteiger partial charge in [-0.25, -0.2) is 4.39 Å². The third-order valence-electron chi connectivity index (χ3n) is 2.09. The number of hydrogen-bond donors (Lipinski definition) is 1. The third kappa shape index (κ3) is 2.88. The molecule has 0 saturated carbocycles. The maximum atomic E-state index is 13.0. The Hall–Kier alpha value is -0.760. The summed E-state index contributed by atoms with van der Waals surface area (Å²) in [6.45, 7) is 4.73.